The van der Waals surface area contributed by atoms with Gasteiger partial charge in [-0.2, -0.15) is 5.10 Å². The third-order valence-corrected chi connectivity index (χ3v) is 4.10. The van der Waals surface area contributed by atoms with Crippen LogP contribution in [0, 0.1) is 6.92 Å². The van der Waals surface area contributed by atoms with Crippen molar-refractivity contribution < 1.29 is 0 Å². The van der Waals surface area contributed by atoms with Crippen molar-refractivity contribution in [2.24, 2.45) is 5.73 Å². The number of nitrogens with two attached hydrogens (primary N) is 1. The zero-order valence-electron chi connectivity index (χ0n) is 13.5. The van der Waals surface area contributed by atoms with E-state index in [-0.39, 0.29) is 0 Å². The number of para-hydroxylation sites is 1. The molecule has 0 spiro atoms. The molecule has 0 saturated heterocycles. The lowest BCUT2D eigenvalue weighted by Gasteiger charge is -2.30. The van der Waals surface area contributed by atoms with Gasteiger partial charge in [-0.25, -0.2) is 4.68 Å². The number of rotatable bonds is 6. The van der Waals surface area contributed by atoms with E-state index in [1.165, 1.54) is 0 Å². The standard InChI is InChI=1S/C17H26N4/c1-5-13(3)20(6-2)17-16(12-18)14(4)19-21(17)15-10-8-7-9-11-15/h7-11,13H,5-6,12,18H2,1-4H3. The highest BCUT2D eigenvalue weighted by molar-refractivity contribution is 5.55. The number of aryl methyl sites for hydroxylation is 1. The molecule has 0 saturated carbocycles. The zero-order chi connectivity index (χ0) is 15.4. The van der Waals surface area contributed by atoms with Crippen molar-refractivity contribution in [3.8, 4) is 5.69 Å². The highest BCUT2D eigenvalue weighted by Gasteiger charge is 2.22. The van der Waals surface area contributed by atoms with Crippen LogP contribution in [-0.2, 0) is 6.54 Å². The molecule has 1 aromatic heterocycles. The van der Waals surface area contributed by atoms with Crippen molar-refractivity contribution in [1.29, 1.82) is 0 Å². The van der Waals surface area contributed by atoms with Crippen LogP contribution in [0.25, 0.3) is 5.69 Å². The van der Waals surface area contributed by atoms with Crippen molar-refractivity contribution in [1.82, 2.24) is 9.78 Å². The predicted octanol–water partition coefficient (Wildman–Crippen LogP) is 3.26. The molecule has 4 nitrogen and oxygen atoms in total. The Morgan fingerprint density at radius 2 is 1.90 bits per heavy atom. The maximum Gasteiger partial charge on any atom is 0.137 e. The Hall–Kier alpha value is -1.81. The second kappa shape index (κ2) is 6.76. The summed E-state index contributed by atoms with van der Waals surface area (Å²) in [6, 6.07) is 10.7. The molecule has 0 radical (unpaired) electrons. The van der Waals surface area contributed by atoms with E-state index in [1.807, 2.05) is 29.8 Å². The zero-order valence-corrected chi connectivity index (χ0v) is 13.5. The topological polar surface area (TPSA) is 47.1 Å². The van der Waals surface area contributed by atoms with Gasteiger partial charge in [-0.1, -0.05) is 25.1 Å². The van der Waals surface area contributed by atoms with E-state index < -0.39 is 0 Å². The van der Waals surface area contributed by atoms with Gasteiger partial charge in [0.25, 0.3) is 0 Å². The van der Waals surface area contributed by atoms with E-state index in [1.54, 1.807) is 0 Å². The van der Waals surface area contributed by atoms with Gasteiger partial charge in [0.2, 0.25) is 0 Å². The summed E-state index contributed by atoms with van der Waals surface area (Å²) in [5.74, 6) is 1.14. The van der Waals surface area contributed by atoms with Gasteiger partial charge < -0.3 is 10.6 Å². The van der Waals surface area contributed by atoms with Crippen LogP contribution in [0.3, 0.4) is 0 Å². The van der Waals surface area contributed by atoms with Crippen molar-refractivity contribution in [3.63, 3.8) is 0 Å². The smallest absolute Gasteiger partial charge is 0.137 e. The molecule has 0 amide bonds. The van der Waals surface area contributed by atoms with Gasteiger partial charge in [-0.15, -0.1) is 0 Å². The molecule has 2 N–H and O–H groups in total. The first kappa shape index (κ1) is 15.6. The molecule has 1 aromatic carbocycles. The van der Waals surface area contributed by atoms with Crippen molar-refractivity contribution in [2.75, 3.05) is 11.4 Å². The maximum absolute atomic E-state index is 6.00. The fourth-order valence-corrected chi connectivity index (χ4v) is 2.72. The average Bonchev–Trinajstić information content (AvgIpc) is 2.85. The SMILES string of the molecule is CCC(C)N(CC)c1c(CN)c(C)nn1-c1ccccc1. The molecule has 2 aromatic rings. The monoisotopic (exact) mass is 286 g/mol. The van der Waals surface area contributed by atoms with Crippen LogP contribution in [0.4, 0.5) is 5.82 Å². The van der Waals surface area contributed by atoms with Gasteiger partial charge in [0.15, 0.2) is 0 Å². The highest BCUT2D eigenvalue weighted by Crippen LogP contribution is 2.29. The minimum Gasteiger partial charge on any atom is -0.354 e. The molecule has 114 valence electrons. The third kappa shape index (κ3) is 2.95. The quantitative estimate of drug-likeness (QED) is 0.886. The predicted molar refractivity (Wildman–Crippen MR) is 89.0 cm³/mol. The van der Waals surface area contributed by atoms with Crippen molar-refractivity contribution in [3.05, 3.63) is 41.6 Å². The Morgan fingerprint density at radius 1 is 1.24 bits per heavy atom. The fourth-order valence-electron chi connectivity index (χ4n) is 2.72. The van der Waals surface area contributed by atoms with Crippen LogP contribution in [-0.4, -0.2) is 22.4 Å². The number of nitrogens with zero attached hydrogens (tertiary/aromatic N) is 3. The van der Waals surface area contributed by atoms with Gasteiger partial charge >= 0.3 is 0 Å². The number of anilines is 1. The minimum absolute atomic E-state index is 0.457. The Labute approximate surface area is 127 Å². The molecule has 0 aliphatic rings. The molecule has 0 fully saturated rings. The number of hydrogen-bond acceptors (Lipinski definition) is 3. The number of hydrogen-bond donors (Lipinski definition) is 1. The summed E-state index contributed by atoms with van der Waals surface area (Å²) in [5, 5.41) is 4.73. The molecule has 0 aliphatic heterocycles. The first-order valence-electron chi connectivity index (χ1n) is 7.74. The second-order valence-corrected chi connectivity index (χ2v) is 5.38. The van der Waals surface area contributed by atoms with Crippen LogP contribution in [0.15, 0.2) is 30.3 Å². The first-order chi connectivity index (χ1) is 10.1. The van der Waals surface area contributed by atoms with E-state index in [0.29, 0.717) is 12.6 Å². The third-order valence-electron chi connectivity index (χ3n) is 4.10. The van der Waals surface area contributed by atoms with Crippen LogP contribution in [0.5, 0.6) is 0 Å². The first-order valence-corrected chi connectivity index (χ1v) is 7.74. The van der Waals surface area contributed by atoms with Gasteiger partial charge in [0.05, 0.1) is 11.4 Å². The molecule has 21 heavy (non-hydrogen) atoms. The lowest BCUT2D eigenvalue weighted by atomic mass is 10.1. The normalized spacial score (nSPS) is 12.4. The maximum atomic E-state index is 6.00. The summed E-state index contributed by atoms with van der Waals surface area (Å²) in [4.78, 5) is 2.40. The summed E-state index contributed by atoms with van der Waals surface area (Å²) in [5.41, 5.74) is 9.23. The Kier molecular flexibility index (Phi) is 5.02. The molecule has 4 heteroatoms. The van der Waals surface area contributed by atoms with E-state index >= 15 is 0 Å². The van der Waals surface area contributed by atoms with Gasteiger partial charge in [0, 0.05) is 24.7 Å². The van der Waals surface area contributed by atoms with E-state index in [2.05, 4.69) is 37.8 Å². The molecular weight excluding hydrogens is 260 g/mol. The van der Waals surface area contributed by atoms with Crippen molar-refractivity contribution in [2.45, 2.75) is 46.7 Å². The molecule has 0 bridgehead atoms. The Balaban J connectivity index is 2.61. The van der Waals surface area contributed by atoms with Gasteiger partial charge in [-0.05, 0) is 39.3 Å². The van der Waals surface area contributed by atoms with Crippen LogP contribution >= 0.6 is 0 Å². The summed E-state index contributed by atoms with van der Waals surface area (Å²) in [7, 11) is 0. The van der Waals surface area contributed by atoms with E-state index in [9.17, 15) is 0 Å². The molecule has 2 rings (SSSR count). The molecule has 1 atom stereocenters. The fraction of sp³-hybridized carbons (Fsp3) is 0.471. The van der Waals surface area contributed by atoms with Crippen LogP contribution < -0.4 is 10.6 Å². The lowest BCUT2D eigenvalue weighted by Crippen LogP contribution is -2.35. The largest absolute Gasteiger partial charge is 0.354 e. The van der Waals surface area contributed by atoms with Crippen molar-refractivity contribution >= 4 is 5.82 Å². The molecule has 1 unspecified atom stereocenters. The lowest BCUT2D eigenvalue weighted by molar-refractivity contribution is 0.610. The number of aromatic nitrogens is 2. The minimum atomic E-state index is 0.457. The highest BCUT2D eigenvalue weighted by atomic mass is 15.4. The van der Waals surface area contributed by atoms with Gasteiger partial charge in [-0.3, -0.25) is 0 Å². The summed E-state index contributed by atoms with van der Waals surface area (Å²) in [6.07, 6.45) is 1.09. The van der Waals surface area contributed by atoms with E-state index in [4.69, 9.17) is 10.8 Å². The number of benzene rings is 1. The summed E-state index contributed by atoms with van der Waals surface area (Å²) < 4.78 is 2.03. The van der Waals surface area contributed by atoms with Gasteiger partial charge in [0.1, 0.15) is 5.82 Å². The second-order valence-electron chi connectivity index (χ2n) is 5.38. The summed E-state index contributed by atoms with van der Waals surface area (Å²) in [6.45, 7) is 10.1. The average molecular weight is 286 g/mol. The Bertz CT molecular complexity index is 574. The Morgan fingerprint density at radius 3 is 2.43 bits per heavy atom. The summed E-state index contributed by atoms with van der Waals surface area (Å²) >= 11 is 0. The van der Waals surface area contributed by atoms with E-state index in [0.717, 1.165) is 35.7 Å². The van der Waals surface area contributed by atoms with Crippen LogP contribution in [0.2, 0.25) is 0 Å². The molecular formula is C17H26N4. The molecule has 0 aliphatic carbocycles. The molecule has 1 heterocycles. The van der Waals surface area contributed by atoms with Crippen LogP contribution in [0.1, 0.15) is 38.4 Å².